The van der Waals surface area contributed by atoms with Gasteiger partial charge >= 0.3 is 5.97 Å². The smallest absolute Gasteiger partial charge is 0.322 e. The highest BCUT2D eigenvalue weighted by Gasteiger charge is 2.46. The van der Waals surface area contributed by atoms with Crippen molar-refractivity contribution in [2.45, 2.75) is 23.0 Å². The van der Waals surface area contributed by atoms with Crippen molar-refractivity contribution >= 4 is 27.4 Å². The Morgan fingerprint density at radius 2 is 1.94 bits per heavy atom. The quantitative estimate of drug-likeness (QED) is 0.911. The Kier molecular flexibility index (Phi) is 3.14. The summed E-state index contributed by atoms with van der Waals surface area (Å²) in [6, 6.07) is 5.93. The van der Waals surface area contributed by atoms with Gasteiger partial charge in [-0.25, -0.2) is 8.42 Å². The highest BCUT2D eigenvalue weighted by atomic mass is 35.5. The van der Waals surface area contributed by atoms with Crippen molar-refractivity contribution in [3.8, 4) is 0 Å². The van der Waals surface area contributed by atoms with Gasteiger partial charge < -0.3 is 5.11 Å². The van der Waals surface area contributed by atoms with E-state index in [1.165, 1.54) is 18.2 Å². The fourth-order valence-corrected chi connectivity index (χ4v) is 4.18. The predicted octanol–water partition coefficient (Wildman–Crippen LogP) is 1.98. The second-order valence-corrected chi connectivity index (χ2v) is 6.52. The third-order valence-electron chi connectivity index (χ3n) is 2.77. The summed E-state index contributed by atoms with van der Waals surface area (Å²) in [5.41, 5.74) is 0. The van der Waals surface area contributed by atoms with Gasteiger partial charge in [0, 0.05) is 0 Å². The zero-order valence-electron chi connectivity index (χ0n) is 8.84. The lowest BCUT2D eigenvalue weighted by Crippen LogP contribution is -2.32. The molecule has 0 spiro atoms. The molecule has 1 aliphatic rings. The van der Waals surface area contributed by atoms with Crippen LogP contribution < -0.4 is 0 Å². The molecule has 17 heavy (non-hydrogen) atoms. The number of benzene rings is 1. The number of carbonyl (C=O) groups is 1. The summed E-state index contributed by atoms with van der Waals surface area (Å²) < 4.78 is 24.4. The van der Waals surface area contributed by atoms with E-state index >= 15 is 0 Å². The standard InChI is InChI=1S/C11H11ClO4S/c12-8-3-1-2-4-9(8)17(15,16)10(11(13)14)7-5-6-7/h1-4,7,10H,5-6H2,(H,13,14). The van der Waals surface area contributed by atoms with Crippen LogP contribution in [0.3, 0.4) is 0 Å². The zero-order valence-corrected chi connectivity index (χ0v) is 10.4. The van der Waals surface area contributed by atoms with Gasteiger partial charge in [0.15, 0.2) is 15.1 Å². The van der Waals surface area contributed by atoms with E-state index in [1.807, 2.05) is 0 Å². The average molecular weight is 275 g/mol. The molecule has 0 aromatic heterocycles. The molecule has 1 N–H and O–H groups in total. The fraction of sp³-hybridized carbons (Fsp3) is 0.364. The van der Waals surface area contributed by atoms with Gasteiger partial charge in [-0.1, -0.05) is 23.7 Å². The first-order valence-electron chi connectivity index (χ1n) is 5.16. The van der Waals surface area contributed by atoms with Crippen molar-refractivity contribution in [2.24, 2.45) is 5.92 Å². The van der Waals surface area contributed by atoms with Gasteiger partial charge in [-0.15, -0.1) is 0 Å². The van der Waals surface area contributed by atoms with Gasteiger partial charge in [-0.05, 0) is 30.9 Å². The number of aliphatic carboxylic acids is 1. The number of rotatable bonds is 4. The van der Waals surface area contributed by atoms with Crippen LogP contribution in [0.1, 0.15) is 12.8 Å². The van der Waals surface area contributed by atoms with Crippen LogP contribution in [0.15, 0.2) is 29.2 Å². The molecule has 1 fully saturated rings. The molecule has 92 valence electrons. The average Bonchev–Trinajstić information content (AvgIpc) is 3.01. The summed E-state index contributed by atoms with van der Waals surface area (Å²) in [6.07, 6.45) is 1.28. The molecule has 0 saturated heterocycles. The Hall–Kier alpha value is -1.07. The lowest BCUT2D eigenvalue weighted by molar-refractivity contribution is -0.136. The van der Waals surface area contributed by atoms with Crippen LogP contribution in [0.4, 0.5) is 0 Å². The Balaban J connectivity index is 2.48. The van der Waals surface area contributed by atoms with Gasteiger partial charge in [-0.3, -0.25) is 4.79 Å². The molecular formula is C11H11ClO4S. The number of hydrogen-bond donors (Lipinski definition) is 1. The minimum Gasteiger partial charge on any atom is -0.480 e. The van der Waals surface area contributed by atoms with Crippen molar-refractivity contribution in [1.29, 1.82) is 0 Å². The lowest BCUT2D eigenvalue weighted by atomic mass is 10.3. The number of carboxylic acids is 1. The molecule has 0 heterocycles. The minimum absolute atomic E-state index is 0.0689. The van der Waals surface area contributed by atoms with Crippen molar-refractivity contribution in [1.82, 2.24) is 0 Å². The van der Waals surface area contributed by atoms with Gasteiger partial charge in [0.05, 0.1) is 9.92 Å². The molecule has 2 rings (SSSR count). The SMILES string of the molecule is O=C(O)C(C1CC1)S(=O)(=O)c1ccccc1Cl. The lowest BCUT2D eigenvalue weighted by Gasteiger charge is -2.13. The van der Waals surface area contributed by atoms with Crippen LogP contribution >= 0.6 is 11.6 Å². The van der Waals surface area contributed by atoms with Crippen molar-refractivity contribution in [3.63, 3.8) is 0 Å². The third-order valence-corrected chi connectivity index (χ3v) is 5.44. The van der Waals surface area contributed by atoms with Crippen LogP contribution in [0.25, 0.3) is 0 Å². The first-order chi connectivity index (χ1) is 7.94. The van der Waals surface area contributed by atoms with E-state index < -0.39 is 21.1 Å². The minimum atomic E-state index is -3.90. The molecule has 0 amide bonds. The summed E-state index contributed by atoms with van der Waals surface area (Å²) in [7, 11) is -3.90. The maximum Gasteiger partial charge on any atom is 0.322 e. The zero-order chi connectivity index (χ0) is 12.6. The summed E-state index contributed by atoms with van der Waals surface area (Å²) in [5.74, 6) is -1.58. The van der Waals surface area contributed by atoms with E-state index in [1.54, 1.807) is 6.07 Å². The number of hydrogen-bond acceptors (Lipinski definition) is 3. The Labute approximate surface area is 104 Å². The van der Waals surface area contributed by atoms with E-state index in [0.717, 1.165) is 0 Å². The largest absolute Gasteiger partial charge is 0.480 e. The Morgan fingerprint density at radius 1 is 1.35 bits per heavy atom. The van der Waals surface area contributed by atoms with E-state index in [-0.39, 0.29) is 15.8 Å². The maximum absolute atomic E-state index is 12.2. The molecule has 0 bridgehead atoms. The van der Waals surface area contributed by atoms with Crippen LogP contribution in [0.2, 0.25) is 5.02 Å². The van der Waals surface area contributed by atoms with E-state index in [9.17, 15) is 13.2 Å². The first kappa shape index (κ1) is 12.4. The van der Waals surface area contributed by atoms with Crippen LogP contribution in [0, 0.1) is 5.92 Å². The van der Waals surface area contributed by atoms with Crippen LogP contribution in [-0.2, 0) is 14.6 Å². The summed E-state index contributed by atoms with van der Waals surface area (Å²) in [6.45, 7) is 0. The molecule has 1 aliphatic carbocycles. The van der Waals surface area contributed by atoms with Gasteiger partial charge in [-0.2, -0.15) is 0 Å². The van der Waals surface area contributed by atoms with Gasteiger partial charge in [0.1, 0.15) is 0 Å². The van der Waals surface area contributed by atoms with E-state index in [0.29, 0.717) is 12.8 Å². The van der Waals surface area contributed by atoms with Crippen molar-refractivity contribution in [3.05, 3.63) is 29.3 Å². The number of carboxylic acid groups (broad SMARTS) is 1. The molecule has 6 heteroatoms. The molecule has 1 saturated carbocycles. The maximum atomic E-state index is 12.2. The normalized spacial score (nSPS) is 17.7. The molecule has 1 aromatic carbocycles. The molecule has 0 radical (unpaired) electrons. The molecular weight excluding hydrogens is 264 g/mol. The first-order valence-corrected chi connectivity index (χ1v) is 7.08. The monoisotopic (exact) mass is 274 g/mol. The van der Waals surface area contributed by atoms with E-state index in [4.69, 9.17) is 16.7 Å². The molecule has 1 aromatic rings. The molecule has 0 aliphatic heterocycles. The number of halogens is 1. The van der Waals surface area contributed by atoms with Crippen LogP contribution in [-0.4, -0.2) is 24.7 Å². The Bertz CT molecular complexity index is 548. The summed E-state index contributed by atoms with van der Waals surface area (Å²) in [5, 5.41) is 7.75. The highest BCUT2D eigenvalue weighted by molar-refractivity contribution is 7.93. The Morgan fingerprint density at radius 3 is 2.41 bits per heavy atom. The highest BCUT2D eigenvalue weighted by Crippen LogP contribution is 2.39. The molecule has 1 unspecified atom stereocenters. The van der Waals surface area contributed by atoms with Crippen LogP contribution in [0.5, 0.6) is 0 Å². The van der Waals surface area contributed by atoms with Gasteiger partial charge in [0.2, 0.25) is 0 Å². The summed E-state index contributed by atoms with van der Waals surface area (Å²) >= 11 is 5.81. The van der Waals surface area contributed by atoms with Crippen molar-refractivity contribution in [2.75, 3.05) is 0 Å². The topological polar surface area (TPSA) is 71.4 Å². The van der Waals surface area contributed by atoms with E-state index in [2.05, 4.69) is 0 Å². The van der Waals surface area contributed by atoms with Crippen molar-refractivity contribution < 1.29 is 18.3 Å². The molecule has 4 nitrogen and oxygen atoms in total. The molecule has 1 atom stereocenters. The second kappa shape index (κ2) is 4.31. The second-order valence-electron chi connectivity index (χ2n) is 4.07. The third kappa shape index (κ3) is 2.30. The fourth-order valence-electron chi connectivity index (χ4n) is 1.80. The summed E-state index contributed by atoms with van der Waals surface area (Å²) in [4.78, 5) is 11.0. The predicted molar refractivity (Wildman–Crippen MR) is 62.8 cm³/mol. The number of sulfone groups is 1. The van der Waals surface area contributed by atoms with Gasteiger partial charge in [0.25, 0.3) is 0 Å².